The first-order valence-electron chi connectivity index (χ1n) is 3.74. The second kappa shape index (κ2) is 5.49. The van der Waals surface area contributed by atoms with Crippen LogP contribution in [0.4, 0.5) is 0 Å². The number of hydrogen-bond donors (Lipinski definition) is 0. The molecule has 0 amide bonds. The average molecular weight is 234 g/mol. The molecule has 0 spiro atoms. The fourth-order valence-electron chi connectivity index (χ4n) is 1.03. The largest absolute Gasteiger partial charge is 0.0625 e. The summed E-state index contributed by atoms with van der Waals surface area (Å²) < 4.78 is 0. The second-order valence-electron chi connectivity index (χ2n) is 3.01. The summed E-state index contributed by atoms with van der Waals surface area (Å²) >= 11 is 0. The molecule has 0 unspecified atom stereocenters. The minimum Gasteiger partial charge on any atom is -0.0625 e. The molecule has 1 aromatic rings. The number of benzene rings is 1. The van der Waals surface area contributed by atoms with E-state index in [4.69, 9.17) is 0 Å². The average Bonchev–Trinajstić information content (AvgIpc) is 1.88. The molecule has 0 atom stereocenters. The summed E-state index contributed by atoms with van der Waals surface area (Å²) in [5.41, 5.74) is 1.41. The summed E-state index contributed by atoms with van der Waals surface area (Å²) in [5.74, 6) is 0.752. The standard InChI is InChI=1S/C10H13.Ru/c1-9(2)8-10-6-4-3-5-7-10;/h4-7,9H,8H2,1-2H3;. The van der Waals surface area contributed by atoms with Crippen LogP contribution in [-0.2, 0) is 25.9 Å². The summed E-state index contributed by atoms with van der Waals surface area (Å²) in [6.07, 6.45) is 1.18. The molecular weight excluding hydrogens is 221 g/mol. The van der Waals surface area contributed by atoms with E-state index in [1.165, 1.54) is 12.0 Å². The molecule has 0 saturated carbocycles. The molecule has 0 fully saturated rings. The van der Waals surface area contributed by atoms with Crippen molar-refractivity contribution in [3.8, 4) is 0 Å². The Kier molecular flexibility index (Phi) is 5.41. The van der Waals surface area contributed by atoms with Crippen LogP contribution in [0.15, 0.2) is 24.3 Å². The van der Waals surface area contributed by atoms with Crippen LogP contribution < -0.4 is 0 Å². The predicted octanol–water partition coefficient (Wildman–Crippen LogP) is 2.68. The van der Waals surface area contributed by atoms with Crippen LogP contribution in [0.25, 0.3) is 0 Å². The maximum Gasteiger partial charge on any atom is 0 e. The Balaban J connectivity index is 0.000001000. The zero-order chi connectivity index (χ0) is 7.40. The molecule has 11 heavy (non-hydrogen) atoms. The van der Waals surface area contributed by atoms with E-state index in [0.717, 1.165) is 5.92 Å². The van der Waals surface area contributed by atoms with E-state index in [1.807, 2.05) is 12.1 Å². The van der Waals surface area contributed by atoms with E-state index in [2.05, 4.69) is 32.0 Å². The summed E-state index contributed by atoms with van der Waals surface area (Å²) in [6, 6.07) is 11.2. The van der Waals surface area contributed by atoms with Crippen LogP contribution in [-0.4, -0.2) is 0 Å². The van der Waals surface area contributed by atoms with Gasteiger partial charge in [-0.2, -0.15) is 0 Å². The summed E-state index contributed by atoms with van der Waals surface area (Å²) in [5, 5.41) is 0. The SMILES string of the molecule is CC(C)Cc1cc[c]cc1.[Ru]. The van der Waals surface area contributed by atoms with Gasteiger partial charge in [-0.3, -0.25) is 0 Å². The minimum atomic E-state index is 0. The first-order valence-corrected chi connectivity index (χ1v) is 3.74. The first kappa shape index (κ1) is 10.8. The minimum absolute atomic E-state index is 0. The normalized spacial score (nSPS) is 9.36. The van der Waals surface area contributed by atoms with E-state index < -0.39 is 0 Å². The third kappa shape index (κ3) is 4.32. The fraction of sp³-hybridized carbons (Fsp3) is 0.400. The van der Waals surface area contributed by atoms with Crippen molar-refractivity contribution >= 4 is 0 Å². The molecule has 0 N–H and O–H groups in total. The summed E-state index contributed by atoms with van der Waals surface area (Å²) in [4.78, 5) is 0. The van der Waals surface area contributed by atoms with Gasteiger partial charge in [0.05, 0.1) is 0 Å². The molecule has 1 aromatic carbocycles. The van der Waals surface area contributed by atoms with Crippen molar-refractivity contribution in [1.29, 1.82) is 0 Å². The predicted molar refractivity (Wildman–Crippen MR) is 43.8 cm³/mol. The van der Waals surface area contributed by atoms with Gasteiger partial charge in [0, 0.05) is 19.5 Å². The molecule has 1 rings (SSSR count). The summed E-state index contributed by atoms with van der Waals surface area (Å²) in [6.45, 7) is 4.47. The molecule has 0 nitrogen and oxygen atoms in total. The first-order chi connectivity index (χ1) is 4.79. The monoisotopic (exact) mass is 235 g/mol. The van der Waals surface area contributed by atoms with Gasteiger partial charge < -0.3 is 0 Å². The van der Waals surface area contributed by atoms with E-state index >= 15 is 0 Å². The zero-order valence-corrected chi connectivity index (χ0v) is 8.69. The molecule has 0 heterocycles. The van der Waals surface area contributed by atoms with E-state index in [-0.39, 0.29) is 19.5 Å². The maximum atomic E-state index is 3.01. The Labute approximate surface area is 81.8 Å². The Bertz CT molecular complexity index is 179. The van der Waals surface area contributed by atoms with Gasteiger partial charge in [-0.05, 0) is 24.0 Å². The third-order valence-electron chi connectivity index (χ3n) is 1.43. The van der Waals surface area contributed by atoms with Gasteiger partial charge in [-0.1, -0.05) is 38.1 Å². The topological polar surface area (TPSA) is 0 Å². The molecule has 1 radical (unpaired) electrons. The maximum absolute atomic E-state index is 3.01. The van der Waals surface area contributed by atoms with Crippen molar-refractivity contribution in [2.45, 2.75) is 20.3 Å². The summed E-state index contributed by atoms with van der Waals surface area (Å²) in [7, 11) is 0. The van der Waals surface area contributed by atoms with E-state index in [1.54, 1.807) is 0 Å². The molecule has 0 aliphatic heterocycles. The van der Waals surface area contributed by atoms with Gasteiger partial charge in [-0.25, -0.2) is 0 Å². The Morgan fingerprint density at radius 2 is 1.82 bits per heavy atom. The van der Waals surface area contributed by atoms with Crippen LogP contribution in [0.5, 0.6) is 0 Å². The zero-order valence-electron chi connectivity index (χ0n) is 6.95. The molecule has 61 valence electrons. The van der Waals surface area contributed by atoms with Gasteiger partial charge >= 0.3 is 0 Å². The van der Waals surface area contributed by atoms with Crippen LogP contribution in [0.3, 0.4) is 0 Å². The van der Waals surface area contributed by atoms with Crippen molar-refractivity contribution in [1.82, 2.24) is 0 Å². The van der Waals surface area contributed by atoms with Crippen molar-refractivity contribution in [2.24, 2.45) is 5.92 Å². The third-order valence-corrected chi connectivity index (χ3v) is 1.43. The van der Waals surface area contributed by atoms with Crippen LogP contribution in [0.2, 0.25) is 0 Å². The van der Waals surface area contributed by atoms with Crippen LogP contribution in [0.1, 0.15) is 19.4 Å². The number of rotatable bonds is 2. The molecule has 0 aliphatic carbocycles. The van der Waals surface area contributed by atoms with Gasteiger partial charge in [0.25, 0.3) is 0 Å². The van der Waals surface area contributed by atoms with E-state index in [9.17, 15) is 0 Å². The molecule has 1 heteroatoms. The van der Waals surface area contributed by atoms with Gasteiger partial charge in [-0.15, -0.1) is 0 Å². The van der Waals surface area contributed by atoms with Crippen molar-refractivity contribution in [3.05, 3.63) is 35.9 Å². The van der Waals surface area contributed by atoms with Crippen molar-refractivity contribution in [3.63, 3.8) is 0 Å². The van der Waals surface area contributed by atoms with Gasteiger partial charge in [0.15, 0.2) is 0 Å². The quantitative estimate of drug-likeness (QED) is 0.690. The Morgan fingerprint density at radius 1 is 1.27 bits per heavy atom. The number of hydrogen-bond acceptors (Lipinski definition) is 0. The Hall–Kier alpha value is -0.157. The fourth-order valence-corrected chi connectivity index (χ4v) is 1.03. The molecule has 0 bridgehead atoms. The van der Waals surface area contributed by atoms with Crippen molar-refractivity contribution < 1.29 is 19.5 Å². The second-order valence-corrected chi connectivity index (χ2v) is 3.01. The molecular formula is C10H13Ru. The smallest absolute Gasteiger partial charge is 0 e. The molecule has 0 saturated heterocycles. The van der Waals surface area contributed by atoms with Crippen LogP contribution >= 0.6 is 0 Å². The van der Waals surface area contributed by atoms with E-state index in [0.29, 0.717) is 0 Å². The Morgan fingerprint density at radius 3 is 2.27 bits per heavy atom. The van der Waals surface area contributed by atoms with Gasteiger partial charge in [0.1, 0.15) is 0 Å². The van der Waals surface area contributed by atoms with Gasteiger partial charge in [0.2, 0.25) is 0 Å². The molecule has 0 aromatic heterocycles. The van der Waals surface area contributed by atoms with Crippen molar-refractivity contribution in [2.75, 3.05) is 0 Å². The van der Waals surface area contributed by atoms with Crippen LogP contribution in [0, 0.1) is 12.0 Å². The molecule has 0 aliphatic rings.